The van der Waals surface area contributed by atoms with Crippen molar-refractivity contribution in [2.45, 2.75) is 38.8 Å². The Balaban J connectivity index is 1.98. The fourth-order valence-corrected chi connectivity index (χ4v) is 2.70. The molecule has 5 nitrogen and oxygen atoms in total. The van der Waals surface area contributed by atoms with Crippen molar-refractivity contribution in [3.05, 3.63) is 29.8 Å². The average molecular weight is 304 g/mol. The summed E-state index contributed by atoms with van der Waals surface area (Å²) in [5.41, 5.74) is 0.587. The van der Waals surface area contributed by atoms with Gasteiger partial charge in [-0.15, -0.1) is 0 Å². The van der Waals surface area contributed by atoms with Crippen LogP contribution in [0.1, 0.15) is 37.0 Å². The molecule has 0 aliphatic carbocycles. The van der Waals surface area contributed by atoms with Gasteiger partial charge >= 0.3 is 0 Å². The first-order valence-corrected chi connectivity index (χ1v) is 7.74. The molecule has 1 unspecified atom stereocenters. The summed E-state index contributed by atoms with van der Waals surface area (Å²) in [5, 5.41) is 3.29. The lowest BCUT2D eigenvalue weighted by Gasteiger charge is -2.33. The Bertz CT molecular complexity index is 538. The molecule has 1 aromatic carbocycles. The third-order valence-electron chi connectivity index (χ3n) is 4.11. The predicted octanol–water partition coefficient (Wildman–Crippen LogP) is 1.87. The fourth-order valence-electron chi connectivity index (χ4n) is 2.70. The van der Waals surface area contributed by atoms with E-state index in [1.807, 2.05) is 7.05 Å². The number of nitrogens with one attached hydrogen (secondary N) is 1. The van der Waals surface area contributed by atoms with Gasteiger partial charge in [0.25, 0.3) is 5.91 Å². The van der Waals surface area contributed by atoms with E-state index in [-0.39, 0.29) is 17.7 Å². The smallest absolute Gasteiger partial charge is 0.263 e. The van der Waals surface area contributed by atoms with Crippen LogP contribution in [0.5, 0.6) is 5.75 Å². The third-order valence-corrected chi connectivity index (χ3v) is 4.11. The summed E-state index contributed by atoms with van der Waals surface area (Å²) in [6, 6.07) is 7.21. The number of hydrogen-bond acceptors (Lipinski definition) is 4. The van der Waals surface area contributed by atoms with E-state index in [2.05, 4.69) is 5.32 Å². The van der Waals surface area contributed by atoms with Gasteiger partial charge in [0.2, 0.25) is 0 Å². The van der Waals surface area contributed by atoms with Crippen LogP contribution in [-0.2, 0) is 4.79 Å². The molecule has 1 N–H and O–H groups in total. The Labute approximate surface area is 131 Å². The highest BCUT2D eigenvalue weighted by atomic mass is 16.5. The number of carbonyl (C=O) groups excluding carboxylic acids is 2. The number of carbonyl (C=O) groups is 2. The van der Waals surface area contributed by atoms with Crippen molar-refractivity contribution in [3.8, 4) is 5.75 Å². The van der Waals surface area contributed by atoms with E-state index in [0.29, 0.717) is 11.3 Å². The molecule has 1 amide bonds. The zero-order valence-electron chi connectivity index (χ0n) is 13.5. The molecular formula is C17H24N2O3. The molecule has 0 bridgehead atoms. The Morgan fingerprint density at radius 2 is 2.00 bits per heavy atom. The summed E-state index contributed by atoms with van der Waals surface area (Å²) in [4.78, 5) is 25.7. The molecule has 1 fully saturated rings. The monoisotopic (exact) mass is 304 g/mol. The highest BCUT2D eigenvalue weighted by molar-refractivity contribution is 5.94. The molecule has 22 heavy (non-hydrogen) atoms. The molecule has 0 spiro atoms. The highest BCUT2D eigenvalue weighted by Gasteiger charge is 2.26. The minimum atomic E-state index is -0.568. The molecule has 0 radical (unpaired) electrons. The maximum Gasteiger partial charge on any atom is 0.263 e. The van der Waals surface area contributed by atoms with Crippen molar-refractivity contribution < 1.29 is 14.3 Å². The molecular weight excluding hydrogens is 280 g/mol. The van der Waals surface area contributed by atoms with Gasteiger partial charge in [0.05, 0.1) is 0 Å². The van der Waals surface area contributed by atoms with Gasteiger partial charge in [0.15, 0.2) is 11.9 Å². The number of Topliss-reactive ketones (excluding diaryl/α,β-unsaturated/α-hetero) is 1. The number of amides is 1. The summed E-state index contributed by atoms with van der Waals surface area (Å²) < 4.78 is 5.72. The quantitative estimate of drug-likeness (QED) is 0.844. The van der Waals surface area contributed by atoms with Gasteiger partial charge in [-0.2, -0.15) is 0 Å². The normalized spacial score (nSPS) is 16.9. The van der Waals surface area contributed by atoms with Crippen LogP contribution in [0.3, 0.4) is 0 Å². The van der Waals surface area contributed by atoms with E-state index in [9.17, 15) is 9.59 Å². The summed E-state index contributed by atoms with van der Waals surface area (Å²) in [6.07, 6.45) is 1.37. The van der Waals surface area contributed by atoms with E-state index in [1.165, 1.54) is 6.92 Å². The number of piperidine rings is 1. The fraction of sp³-hybridized carbons (Fsp3) is 0.529. The largest absolute Gasteiger partial charge is 0.481 e. The Hall–Kier alpha value is -1.88. The number of benzene rings is 1. The van der Waals surface area contributed by atoms with E-state index in [4.69, 9.17) is 4.74 Å². The highest BCUT2D eigenvalue weighted by Crippen LogP contribution is 2.17. The van der Waals surface area contributed by atoms with Crippen LogP contribution >= 0.6 is 0 Å². The molecule has 0 saturated carbocycles. The first-order valence-electron chi connectivity index (χ1n) is 7.74. The van der Waals surface area contributed by atoms with E-state index >= 15 is 0 Å². The Kier molecular flexibility index (Phi) is 5.55. The van der Waals surface area contributed by atoms with Gasteiger partial charge in [0.1, 0.15) is 5.75 Å². The topological polar surface area (TPSA) is 58.6 Å². The first-order chi connectivity index (χ1) is 10.5. The van der Waals surface area contributed by atoms with Crippen LogP contribution < -0.4 is 10.1 Å². The van der Waals surface area contributed by atoms with Crippen LogP contribution in [0, 0.1) is 0 Å². The molecule has 1 heterocycles. The first kappa shape index (κ1) is 16.5. The number of nitrogens with zero attached hydrogens (tertiary/aromatic N) is 1. The lowest BCUT2D eigenvalue weighted by atomic mass is 10.0. The minimum absolute atomic E-state index is 0.0174. The van der Waals surface area contributed by atoms with Gasteiger partial charge in [-0.3, -0.25) is 9.59 Å². The van der Waals surface area contributed by atoms with Crippen LogP contribution in [0.4, 0.5) is 0 Å². The lowest BCUT2D eigenvalue weighted by molar-refractivity contribution is -0.139. The van der Waals surface area contributed by atoms with E-state index < -0.39 is 6.10 Å². The van der Waals surface area contributed by atoms with Gasteiger partial charge in [-0.1, -0.05) is 12.1 Å². The molecule has 2 rings (SSSR count). The standard InChI is InChI=1S/C17H24N2O3/c1-12(20)14-5-4-6-16(11-14)22-13(2)17(21)19(3)15-7-9-18-10-8-15/h4-6,11,13,15,18H,7-10H2,1-3H3. The molecule has 1 aliphatic rings. The summed E-state index contributed by atoms with van der Waals surface area (Å²) in [5.74, 6) is 0.503. The Morgan fingerprint density at radius 1 is 1.32 bits per heavy atom. The van der Waals surface area contributed by atoms with E-state index in [1.54, 1.807) is 36.1 Å². The van der Waals surface area contributed by atoms with Gasteiger partial charge in [-0.25, -0.2) is 0 Å². The molecule has 0 aromatic heterocycles. The van der Waals surface area contributed by atoms with Crippen molar-refractivity contribution in [2.75, 3.05) is 20.1 Å². The number of hydrogen-bond donors (Lipinski definition) is 1. The van der Waals surface area contributed by atoms with Crippen LogP contribution in [0.2, 0.25) is 0 Å². The van der Waals surface area contributed by atoms with Gasteiger partial charge in [0, 0.05) is 18.7 Å². The van der Waals surface area contributed by atoms with Crippen molar-refractivity contribution in [2.24, 2.45) is 0 Å². The van der Waals surface area contributed by atoms with E-state index in [0.717, 1.165) is 25.9 Å². The average Bonchev–Trinajstić information content (AvgIpc) is 2.54. The molecule has 1 aromatic rings. The summed E-state index contributed by atoms with van der Waals surface area (Å²) in [6.45, 7) is 5.15. The molecule has 1 atom stereocenters. The maximum atomic E-state index is 12.5. The van der Waals surface area contributed by atoms with Crippen LogP contribution in [0.25, 0.3) is 0 Å². The molecule has 1 aliphatic heterocycles. The lowest BCUT2D eigenvalue weighted by Crippen LogP contribution is -2.48. The van der Waals surface area contributed by atoms with Crippen molar-refractivity contribution in [3.63, 3.8) is 0 Å². The third kappa shape index (κ3) is 4.07. The number of ketones is 1. The van der Waals surface area contributed by atoms with Crippen molar-refractivity contribution in [1.82, 2.24) is 10.2 Å². The van der Waals surface area contributed by atoms with Crippen molar-refractivity contribution in [1.29, 1.82) is 0 Å². The SMILES string of the molecule is CC(=O)c1cccc(OC(C)C(=O)N(C)C2CCNCC2)c1. The number of rotatable bonds is 5. The van der Waals surface area contributed by atoms with Crippen LogP contribution in [0.15, 0.2) is 24.3 Å². The predicted molar refractivity (Wildman–Crippen MR) is 85.2 cm³/mol. The molecule has 1 saturated heterocycles. The number of likely N-dealkylation sites (N-methyl/N-ethyl adjacent to an activating group) is 1. The van der Waals surface area contributed by atoms with Gasteiger partial charge < -0.3 is 15.0 Å². The summed E-state index contributed by atoms with van der Waals surface area (Å²) >= 11 is 0. The zero-order chi connectivity index (χ0) is 16.1. The molecule has 120 valence electrons. The zero-order valence-corrected chi connectivity index (χ0v) is 13.5. The van der Waals surface area contributed by atoms with Gasteiger partial charge in [-0.05, 0) is 51.9 Å². The second-order valence-electron chi connectivity index (χ2n) is 5.77. The van der Waals surface area contributed by atoms with Crippen LogP contribution in [-0.4, -0.2) is 48.9 Å². The summed E-state index contributed by atoms with van der Waals surface area (Å²) in [7, 11) is 1.84. The number of ether oxygens (including phenoxy) is 1. The maximum absolute atomic E-state index is 12.5. The van der Waals surface area contributed by atoms with Crippen molar-refractivity contribution >= 4 is 11.7 Å². The molecule has 5 heteroatoms. The minimum Gasteiger partial charge on any atom is -0.481 e. The second kappa shape index (κ2) is 7.40. The second-order valence-corrected chi connectivity index (χ2v) is 5.77. The Morgan fingerprint density at radius 3 is 2.64 bits per heavy atom.